The third kappa shape index (κ3) is 3.73. The molecule has 0 bridgehead atoms. The molecule has 0 aliphatic carbocycles. The zero-order valence-electron chi connectivity index (χ0n) is 14.6. The molecule has 0 unspecified atom stereocenters. The molecule has 1 aromatic heterocycles. The van der Waals surface area contributed by atoms with Gasteiger partial charge >= 0.3 is 0 Å². The molecule has 25 heavy (non-hydrogen) atoms. The van der Waals surface area contributed by atoms with E-state index in [0.717, 1.165) is 42.7 Å². The summed E-state index contributed by atoms with van der Waals surface area (Å²) in [4.78, 5) is 6.51. The van der Waals surface area contributed by atoms with Gasteiger partial charge < -0.3 is 14.4 Å². The van der Waals surface area contributed by atoms with Crippen LogP contribution in [-0.2, 0) is 9.47 Å². The third-order valence-corrected chi connectivity index (χ3v) is 4.62. The molecule has 1 saturated heterocycles. The average molecular weight is 343 g/mol. The van der Waals surface area contributed by atoms with Crippen LogP contribution < -0.4 is 4.90 Å². The van der Waals surface area contributed by atoms with Gasteiger partial charge in [0.1, 0.15) is 11.9 Å². The van der Waals surface area contributed by atoms with Gasteiger partial charge in [-0.2, -0.15) is 5.26 Å². The Balaban J connectivity index is 1.87. The van der Waals surface area contributed by atoms with Crippen LogP contribution in [-0.4, -0.2) is 44.5 Å². The van der Waals surface area contributed by atoms with Crippen LogP contribution in [0.15, 0.2) is 18.3 Å². The number of hydrogen-bond acceptors (Lipinski definition) is 5. The largest absolute Gasteiger partial charge is 0.382 e. The van der Waals surface area contributed by atoms with Crippen LogP contribution in [0.2, 0.25) is 0 Å². The number of ether oxygens (including phenoxy) is 2. The third-order valence-electron chi connectivity index (χ3n) is 4.62. The number of anilines is 1. The first-order chi connectivity index (χ1) is 12.1. The number of hydrogen-bond donors (Lipinski definition) is 0. The zero-order chi connectivity index (χ0) is 17.8. The highest BCUT2D eigenvalue weighted by Crippen LogP contribution is 2.33. The molecule has 5 nitrogen and oxygen atoms in total. The maximum Gasteiger partial charge on any atom is 0.124 e. The summed E-state index contributed by atoms with van der Waals surface area (Å²) in [6, 6.07) is 5.15. The zero-order valence-corrected chi connectivity index (χ0v) is 14.6. The van der Waals surface area contributed by atoms with Crippen LogP contribution in [0.5, 0.6) is 0 Å². The van der Waals surface area contributed by atoms with E-state index < -0.39 is 0 Å². The molecular weight excluding hydrogens is 321 g/mol. The number of nitriles is 1. The summed E-state index contributed by atoms with van der Waals surface area (Å²) in [5.74, 6) is -0.305. The lowest BCUT2D eigenvalue weighted by atomic mass is 10.0. The minimum atomic E-state index is -0.305. The summed E-state index contributed by atoms with van der Waals surface area (Å²) in [6.07, 6.45) is 3.52. The van der Waals surface area contributed by atoms with Crippen LogP contribution in [0.4, 0.5) is 10.1 Å². The van der Waals surface area contributed by atoms with E-state index in [4.69, 9.17) is 9.47 Å². The van der Waals surface area contributed by atoms with Crippen LogP contribution in [0.1, 0.15) is 24.0 Å². The normalized spacial score (nSPS) is 15.5. The lowest BCUT2D eigenvalue weighted by molar-refractivity contribution is 0.00612. The van der Waals surface area contributed by atoms with Crippen molar-refractivity contribution in [3.8, 4) is 6.07 Å². The van der Waals surface area contributed by atoms with Crippen molar-refractivity contribution in [3.63, 3.8) is 0 Å². The van der Waals surface area contributed by atoms with E-state index in [2.05, 4.69) is 16.0 Å². The molecule has 6 heteroatoms. The molecule has 1 aromatic carbocycles. The first-order valence-electron chi connectivity index (χ1n) is 8.48. The molecule has 0 N–H and O–H groups in total. The number of methoxy groups -OCH3 is 1. The van der Waals surface area contributed by atoms with E-state index in [9.17, 15) is 9.65 Å². The molecule has 1 aliphatic rings. The second-order valence-corrected chi connectivity index (χ2v) is 6.30. The van der Waals surface area contributed by atoms with Gasteiger partial charge in [-0.15, -0.1) is 0 Å². The van der Waals surface area contributed by atoms with Crippen LogP contribution >= 0.6 is 0 Å². The predicted molar refractivity (Wildman–Crippen MR) is 94.2 cm³/mol. The lowest BCUT2D eigenvalue weighted by Gasteiger charge is -2.34. The summed E-state index contributed by atoms with van der Waals surface area (Å²) < 4.78 is 24.8. The molecule has 0 saturated carbocycles. The topological polar surface area (TPSA) is 58.4 Å². The quantitative estimate of drug-likeness (QED) is 0.781. The minimum Gasteiger partial charge on any atom is -0.382 e. The van der Waals surface area contributed by atoms with Gasteiger partial charge in [0.2, 0.25) is 0 Å². The number of pyridine rings is 1. The van der Waals surface area contributed by atoms with Crippen LogP contribution in [0, 0.1) is 24.1 Å². The Labute approximate surface area is 147 Å². The molecule has 1 aliphatic heterocycles. The Bertz CT molecular complexity index is 795. The van der Waals surface area contributed by atoms with Crippen molar-refractivity contribution in [1.82, 2.24) is 4.98 Å². The highest BCUT2D eigenvalue weighted by molar-refractivity contribution is 5.96. The molecule has 0 atom stereocenters. The number of benzene rings is 1. The molecule has 2 aromatic rings. The molecule has 0 spiro atoms. The average Bonchev–Trinajstić information content (AvgIpc) is 2.61. The van der Waals surface area contributed by atoms with E-state index in [1.165, 1.54) is 12.1 Å². The second-order valence-electron chi connectivity index (χ2n) is 6.30. The second kappa shape index (κ2) is 7.77. The SMILES string of the molecule is COCCOC1CCN(c2c(C#N)cnc3c(C)cc(F)cc23)CC1. The molecule has 1 fully saturated rings. The number of halogens is 1. The number of aryl methyl sites for hydroxylation is 1. The van der Waals surface area contributed by atoms with Gasteiger partial charge in [0, 0.05) is 31.8 Å². The first-order valence-corrected chi connectivity index (χ1v) is 8.48. The monoisotopic (exact) mass is 343 g/mol. The van der Waals surface area contributed by atoms with E-state index >= 15 is 0 Å². The Kier molecular flexibility index (Phi) is 5.47. The van der Waals surface area contributed by atoms with E-state index in [0.29, 0.717) is 24.2 Å². The van der Waals surface area contributed by atoms with E-state index in [1.807, 2.05) is 6.92 Å². The fourth-order valence-corrected chi connectivity index (χ4v) is 3.39. The fourth-order valence-electron chi connectivity index (χ4n) is 3.39. The summed E-state index contributed by atoms with van der Waals surface area (Å²) in [7, 11) is 1.66. The highest BCUT2D eigenvalue weighted by atomic mass is 19.1. The summed E-state index contributed by atoms with van der Waals surface area (Å²) in [5, 5.41) is 10.2. The number of fused-ring (bicyclic) bond motifs is 1. The van der Waals surface area contributed by atoms with Crippen molar-refractivity contribution < 1.29 is 13.9 Å². The van der Waals surface area contributed by atoms with Gasteiger partial charge in [-0.25, -0.2) is 4.39 Å². The van der Waals surface area contributed by atoms with Gasteiger partial charge in [0.05, 0.1) is 36.1 Å². The number of piperidine rings is 1. The fraction of sp³-hybridized carbons (Fsp3) is 0.474. The van der Waals surface area contributed by atoms with Gasteiger partial charge in [0.25, 0.3) is 0 Å². The number of rotatable bonds is 5. The van der Waals surface area contributed by atoms with Crippen LogP contribution in [0.25, 0.3) is 10.9 Å². The van der Waals surface area contributed by atoms with Gasteiger partial charge in [-0.1, -0.05) is 0 Å². The van der Waals surface area contributed by atoms with Crippen molar-refractivity contribution in [2.75, 3.05) is 38.3 Å². The van der Waals surface area contributed by atoms with Crippen molar-refractivity contribution in [2.24, 2.45) is 0 Å². The maximum absolute atomic E-state index is 14.0. The maximum atomic E-state index is 14.0. The summed E-state index contributed by atoms with van der Waals surface area (Å²) in [5.41, 5.74) is 2.79. The molecule has 0 amide bonds. The Morgan fingerprint density at radius 2 is 2.08 bits per heavy atom. The molecule has 2 heterocycles. The standard InChI is InChI=1S/C19H22FN3O2/c1-13-9-15(20)10-17-18(13)22-12-14(11-21)19(17)23-5-3-16(4-6-23)25-8-7-24-2/h9-10,12,16H,3-8H2,1-2H3. The summed E-state index contributed by atoms with van der Waals surface area (Å²) >= 11 is 0. The van der Waals surface area contributed by atoms with Crippen molar-refractivity contribution in [1.29, 1.82) is 5.26 Å². The molecular formula is C19H22FN3O2. The van der Waals surface area contributed by atoms with E-state index in [-0.39, 0.29) is 11.9 Å². The smallest absolute Gasteiger partial charge is 0.124 e. The van der Waals surface area contributed by atoms with Gasteiger partial charge in [-0.05, 0) is 37.5 Å². The summed E-state index contributed by atoms with van der Waals surface area (Å²) in [6.45, 7) is 4.55. The number of nitrogens with zero attached hydrogens (tertiary/aromatic N) is 3. The molecule has 132 valence electrons. The van der Waals surface area contributed by atoms with Gasteiger partial charge in [-0.3, -0.25) is 4.98 Å². The Morgan fingerprint density at radius 3 is 2.76 bits per heavy atom. The van der Waals surface area contributed by atoms with Crippen molar-refractivity contribution in [2.45, 2.75) is 25.9 Å². The molecule has 0 radical (unpaired) electrons. The van der Waals surface area contributed by atoms with Crippen molar-refractivity contribution >= 4 is 16.6 Å². The van der Waals surface area contributed by atoms with Gasteiger partial charge in [0.15, 0.2) is 0 Å². The first kappa shape index (κ1) is 17.6. The lowest BCUT2D eigenvalue weighted by Crippen LogP contribution is -2.38. The molecule has 3 rings (SSSR count). The Hall–Kier alpha value is -2.23. The minimum absolute atomic E-state index is 0.198. The Morgan fingerprint density at radius 1 is 1.32 bits per heavy atom. The number of aromatic nitrogens is 1. The highest BCUT2D eigenvalue weighted by Gasteiger charge is 2.24. The van der Waals surface area contributed by atoms with E-state index in [1.54, 1.807) is 13.3 Å². The van der Waals surface area contributed by atoms with Crippen molar-refractivity contribution in [3.05, 3.63) is 35.3 Å². The predicted octanol–water partition coefficient (Wildman–Crippen LogP) is 3.19. The van der Waals surface area contributed by atoms with Crippen LogP contribution in [0.3, 0.4) is 0 Å².